The zero-order valence-corrected chi connectivity index (χ0v) is 9.80. The zero-order valence-electron chi connectivity index (χ0n) is 9.80. The van der Waals surface area contributed by atoms with E-state index in [4.69, 9.17) is 4.74 Å². The molecule has 17 heavy (non-hydrogen) atoms. The first-order valence-corrected chi connectivity index (χ1v) is 5.58. The lowest BCUT2D eigenvalue weighted by Gasteiger charge is -2.11. The molecule has 0 aromatic heterocycles. The molecule has 0 aliphatic carbocycles. The summed E-state index contributed by atoms with van der Waals surface area (Å²) in [4.78, 5) is 15.5. The minimum atomic E-state index is -0.508. The van der Waals surface area contributed by atoms with E-state index in [0.29, 0.717) is 12.3 Å². The maximum Gasteiger partial charge on any atom is 0.189 e. The molecule has 3 heteroatoms. The summed E-state index contributed by atoms with van der Waals surface area (Å²) < 4.78 is 5.51. The lowest BCUT2D eigenvalue weighted by atomic mass is 10.0. The molecule has 0 N–H and O–H groups in total. The first-order chi connectivity index (χ1) is 8.20. The largest absolute Gasteiger partial charge is 0.467 e. The van der Waals surface area contributed by atoms with Crippen LogP contribution in [0, 0.1) is 0 Å². The molecule has 1 aromatic carbocycles. The highest BCUT2D eigenvalue weighted by molar-refractivity contribution is 5.83. The van der Waals surface area contributed by atoms with Crippen LogP contribution in [0.3, 0.4) is 0 Å². The molecule has 2 unspecified atom stereocenters. The summed E-state index contributed by atoms with van der Waals surface area (Å²) in [5.74, 6) is 0.600. The molecule has 1 aliphatic rings. The van der Waals surface area contributed by atoms with Crippen LogP contribution in [-0.4, -0.2) is 18.3 Å². The van der Waals surface area contributed by atoms with Gasteiger partial charge in [0, 0.05) is 6.42 Å². The Bertz CT molecular complexity index is 451. The molecule has 0 amide bonds. The molecule has 0 fully saturated rings. The Morgan fingerprint density at radius 1 is 1.47 bits per heavy atom. The molecule has 88 valence electrons. The summed E-state index contributed by atoms with van der Waals surface area (Å²) in [6.45, 7) is 5.73. The molecule has 1 heterocycles. The van der Waals surface area contributed by atoms with Gasteiger partial charge >= 0.3 is 0 Å². The monoisotopic (exact) mass is 229 g/mol. The standard InChI is InChI=1S/C14H15NO2/c1-10(2)8-13-15-14(12(9-16)17-13)11-6-4-3-5-7-11/h3-7,9,12,14H,1,8H2,2H3. The normalized spacial score (nSPS) is 22.8. The van der Waals surface area contributed by atoms with Crippen LogP contribution in [0.1, 0.15) is 24.9 Å². The van der Waals surface area contributed by atoms with Crippen LogP contribution in [0.5, 0.6) is 0 Å². The summed E-state index contributed by atoms with van der Waals surface area (Å²) in [6.07, 6.45) is 0.895. The minimum Gasteiger partial charge on any atom is -0.467 e. The second-order valence-corrected chi connectivity index (χ2v) is 4.23. The molecule has 1 aliphatic heterocycles. The van der Waals surface area contributed by atoms with Crippen molar-refractivity contribution in [3.8, 4) is 0 Å². The average Bonchev–Trinajstić information content (AvgIpc) is 2.72. The van der Waals surface area contributed by atoms with Gasteiger partial charge in [-0.1, -0.05) is 42.5 Å². The first-order valence-electron chi connectivity index (χ1n) is 5.58. The first kappa shape index (κ1) is 11.6. The topological polar surface area (TPSA) is 38.7 Å². The van der Waals surface area contributed by atoms with Crippen LogP contribution in [0.4, 0.5) is 0 Å². The lowest BCUT2D eigenvalue weighted by molar-refractivity contribution is -0.114. The Hall–Kier alpha value is -1.90. The van der Waals surface area contributed by atoms with Gasteiger partial charge in [-0.3, -0.25) is 4.79 Å². The number of ether oxygens (including phenoxy) is 1. The van der Waals surface area contributed by atoms with Crippen LogP contribution < -0.4 is 0 Å². The van der Waals surface area contributed by atoms with E-state index in [9.17, 15) is 4.79 Å². The maximum absolute atomic E-state index is 11.0. The smallest absolute Gasteiger partial charge is 0.189 e. The van der Waals surface area contributed by atoms with E-state index in [1.54, 1.807) is 0 Å². The number of aliphatic imine (C=N–C) groups is 1. The Balaban J connectivity index is 2.22. The predicted octanol–water partition coefficient (Wildman–Crippen LogP) is 2.69. The average molecular weight is 229 g/mol. The third-order valence-corrected chi connectivity index (χ3v) is 2.59. The van der Waals surface area contributed by atoms with Crippen LogP contribution in [0.2, 0.25) is 0 Å². The molecule has 0 spiro atoms. The predicted molar refractivity (Wildman–Crippen MR) is 67.0 cm³/mol. The zero-order chi connectivity index (χ0) is 12.3. The van der Waals surface area contributed by atoms with Gasteiger partial charge in [0.25, 0.3) is 0 Å². The molecule has 3 nitrogen and oxygen atoms in total. The fraction of sp³-hybridized carbons (Fsp3) is 0.286. The van der Waals surface area contributed by atoms with Gasteiger partial charge in [0.15, 0.2) is 18.3 Å². The van der Waals surface area contributed by atoms with Crippen molar-refractivity contribution in [1.29, 1.82) is 0 Å². The number of rotatable bonds is 4. The van der Waals surface area contributed by atoms with E-state index in [2.05, 4.69) is 11.6 Å². The third-order valence-electron chi connectivity index (χ3n) is 2.59. The SMILES string of the molecule is C=C(C)CC1=NC(c2ccccc2)C(C=O)O1. The third kappa shape index (κ3) is 2.61. The number of carbonyl (C=O) groups is 1. The summed E-state index contributed by atoms with van der Waals surface area (Å²) in [7, 11) is 0. The molecule has 0 radical (unpaired) electrons. The Kier molecular flexibility index (Phi) is 3.38. The maximum atomic E-state index is 11.0. The highest BCUT2D eigenvalue weighted by Gasteiger charge is 2.31. The van der Waals surface area contributed by atoms with Crippen molar-refractivity contribution in [3.63, 3.8) is 0 Å². The summed E-state index contributed by atoms with van der Waals surface area (Å²) in [6, 6.07) is 9.50. The van der Waals surface area contributed by atoms with E-state index < -0.39 is 6.10 Å². The molecule has 2 rings (SSSR count). The number of benzene rings is 1. The number of hydrogen-bond donors (Lipinski definition) is 0. The van der Waals surface area contributed by atoms with E-state index in [1.165, 1.54) is 0 Å². The van der Waals surface area contributed by atoms with Crippen molar-refractivity contribution in [2.45, 2.75) is 25.5 Å². The van der Waals surface area contributed by atoms with Crippen LogP contribution in [0.15, 0.2) is 47.5 Å². The van der Waals surface area contributed by atoms with Gasteiger partial charge < -0.3 is 4.74 Å². The van der Waals surface area contributed by atoms with E-state index >= 15 is 0 Å². The van der Waals surface area contributed by atoms with Crippen molar-refractivity contribution in [2.75, 3.05) is 0 Å². The van der Waals surface area contributed by atoms with Gasteiger partial charge in [-0.15, -0.1) is 0 Å². The second-order valence-electron chi connectivity index (χ2n) is 4.23. The summed E-state index contributed by atoms with van der Waals surface area (Å²) in [5, 5.41) is 0. The van der Waals surface area contributed by atoms with Crippen molar-refractivity contribution < 1.29 is 9.53 Å². The second kappa shape index (κ2) is 4.95. The molecule has 0 bridgehead atoms. The van der Waals surface area contributed by atoms with E-state index in [0.717, 1.165) is 17.4 Å². The van der Waals surface area contributed by atoms with Gasteiger partial charge in [0.2, 0.25) is 0 Å². The van der Waals surface area contributed by atoms with Crippen LogP contribution in [0.25, 0.3) is 0 Å². The molecular formula is C14H15NO2. The van der Waals surface area contributed by atoms with Crippen molar-refractivity contribution in [1.82, 2.24) is 0 Å². The number of aldehydes is 1. The summed E-state index contributed by atoms with van der Waals surface area (Å²) in [5.41, 5.74) is 1.98. The van der Waals surface area contributed by atoms with Crippen molar-refractivity contribution in [3.05, 3.63) is 48.0 Å². The van der Waals surface area contributed by atoms with Gasteiger partial charge in [-0.25, -0.2) is 4.99 Å². The fourth-order valence-electron chi connectivity index (χ4n) is 1.84. The van der Waals surface area contributed by atoms with Gasteiger partial charge in [-0.05, 0) is 12.5 Å². The molecule has 2 atom stereocenters. The van der Waals surface area contributed by atoms with Gasteiger partial charge in [-0.2, -0.15) is 0 Å². The van der Waals surface area contributed by atoms with Gasteiger partial charge in [0.1, 0.15) is 6.04 Å². The minimum absolute atomic E-state index is 0.219. The molecule has 0 saturated heterocycles. The van der Waals surface area contributed by atoms with Crippen molar-refractivity contribution >= 4 is 12.2 Å². The van der Waals surface area contributed by atoms with Gasteiger partial charge in [0.05, 0.1) is 0 Å². The summed E-state index contributed by atoms with van der Waals surface area (Å²) >= 11 is 0. The van der Waals surface area contributed by atoms with Crippen LogP contribution >= 0.6 is 0 Å². The Morgan fingerprint density at radius 2 is 2.18 bits per heavy atom. The lowest BCUT2D eigenvalue weighted by Crippen LogP contribution is -2.18. The highest BCUT2D eigenvalue weighted by atomic mass is 16.5. The van der Waals surface area contributed by atoms with Crippen molar-refractivity contribution in [2.24, 2.45) is 4.99 Å². The number of nitrogens with zero attached hydrogens (tertiary/aromatic N) is 1. The number of hydrogen-bond acceptors (Lipinski definition) is 3. The van der Waals surface area contributed by atoms with E-state index in [-0.39, 0.29) is 6.04 Å². The molecular weight excluding hydrogens is 214 g/mol. The number of carbonyl (C=O) groups excluding carboxylic acids is 1. The Labute approximate surface area is 101 Å². The molecule has 0 saturated carbocycles. The van der Waals surface area contributed by atoms with Crippen LogP contribution in [-0.2, 0) is 9.53 Å². The highest BCUT2D eigenvalue weighted by Crippen LogP contribution is 2.29. The quantitative estimate of drug-likeness (QED) is 0.588. The fourth-order valence-corrected chi connectivity index (χ4v) is 1.84. The van der Waals surface area contributed by atoms with E-state index in [1.807, 2.05) is 37.3 Å². The molecule has 1 aromatic rings. The Morgan fingerprint density at radius 3 is 2.76 bits per heavy atom.